The van der Waals surface area contributed by atoms with Crippen molar-refractivity contribution in [3.05, 3.63) is 65.7 Å². The molecule has 0 bridgehead atoms. The van der Waals surface area contributed by atoms with Crippen molar-refractivity contribution < 1.29 is 22.3 Å². The number of halogens is 1. The molecule has 2 heterocycles. The third-order valence-corrected chi connectivity index (χ3v) is 6.82. The number of sulfonamides is 1. The van der Waals surface area contributed by atoms with Crippen LogP contribution < -0.4 is 14.8 Å². The van der Waals surface area contributed by atoms with Gasteiger partial charge in [-0.05, 0) is 24.3 Å². The monoisotopic (exact) mass is 444 g/mol. The van der Waals surface area contributed by atoms with E-state index in [1.165, 1.54) is 16.4 Å². The molecule has 1 N–H and O–H groups in total. The van der Waals surface area contributed by atoms with E-state index >= 15 is 0 Å². The smallest absolute Gasteiger partial charge is 0.243 e. The van der Waals surface area contributed by atoms with E-state index in [2.05, 4.69) is 15.3 Å². The van der Waals surface area contributed by atoms with Crippen molar-refractivity contribution in [2.75, 3.05) is 26.1 Å². The van der Waals surface area contributed by atoms with Gasteiger partial charge < -0.3 is 14.8 Å². The fraction of sp³-hybridized carbons (Fsp3) is 0.238. The average Bonchev–Trinajstić information content (AvgIpc) is 2.78. The molecule has 0 unspecified atom stereocenters. The molecule has 0 aliphatic carbocycles. The highest BCUT2D eigenvalue weighted by atomic mass is 32.2. The fourth-order valence-corrected chi connectivity index (χ4v) is 4.74. The van der Waals surface area contributed by atoms with Crippen LogP contribution >= 0.6 is 0 Å². The van der Waals surface area contributed by atoms with Gasteiger partial charge in [0.25, 0.3) is 0 Å². The van der Waals surface area contributed by atoms with Crippen LogP contribution in [-0.4, -0.2) is 43.5 Å². The Labute approximate surface area is 179 Å². The number of ether oxygens (including phenoxy) is 2. The van der Waals surface area contributed by atoms with Crippen LogP contribution in [0.4, 0.5) is 16.0 Å². The SMILES string of the molecule is COc1cc(Nc2ncc3c(n2)CCN(S(=O)(=O)c2ccc(F)cc2)C3)cc(OC)c1. The lowest BCUT2D eigenvalue weighted by molar-refractivity contribution is 0.387. The van der Waals surface area contributed by atoms with Gasteiger partial charge in [-0.15, -0.1) is 0 Å². The van der Waals surface area contributed by atoms with Crippen LogP contribution in [0.15, 0.2) is 53.6 Å². The summed E-state index contributed by atoms with van der Waals surface area (Å²) in [6.07, 6.45) is 2.06. The van der Waals surface area contributed by atoms with Gasteiger partial charge in [0.2, 0.25) is 16.0 Å². The third kappa shape index (κ3) is 4.44. The molecular formula is C21H21FN4O4S. The quantitative estimate of drug-likeness (QED) is 0.624. The first-order valence-corrected chi connectivity index (χ1v) is 10.9. The summed E-state index contributed by atoms with van der Waals surface area (Å²) in [5.41, 5.74) is 2.20. The van der Waals surface area contributed by atoms with Crippen molar-refractivity contribution in [1.82, 2.24) is 14.3 Å². The van der Waals surface area contributed by atoms with Crippen LogP contribution in [0.1, 0.15) is 11.3 Å². The summed E-state index contributed by atoms with van der Waals surface area (Å²) in [6.45, 7) is 0.429. The van der Waals surface area contributed by atoms with Gasteiger partial charge in [0, 0.05) is 55.2 Å². The molecule has 1 aromatic heterocycles. The number of benzene rings is 2. The summed E-state index contributed by atoms with van der Waals surface area (Å²) in [6, 6.07) is 10.2. The molecule has 0 atom stereocenters. The van der Waals surface area contributed by atoms with Crippen LogP contribution in [-0.2, 0) is 23.0 Å². The lowest BCUT2D eigenvalue weighted by Gasteiger charge is -2.27. The Morgan fingerprint density at radius 1 is 1.06 bits per heavy atom. The zero-order chi connectivity index (χ0) is 22.0. The second-order valence-electron chi connectivity index (χ2n) is 6.93. The number of rotatable bonds is 6. The minimum atomic E-state index is -3.73. The van der Waals surface area contributed by atoms with Crippen LogP contribution in [0.5, 0.6) is 11.5 Å². The topological polar surface area (TPSA) is 93.6 Å². The summed E-state index contributed by atoms with van der Waals surface area (Å²) >= 11 is 0. The molecule has 10 heteroatoms. The van der Waals surface area contributed by atoms with Crippen molar-refractivity contribution >= 4 is 21.7 Å². The lowest BCUT2D eigenvalue weighted by atomic mass is 10.1. The van der Waals surface area contributed by atoms with E-state index in [-0.39, 0.29) is 18.0 Å². The molecule has 0 spiro atoms. The largest absolute Gasteiger partial charge is 0.497 e. The number of fused-ring (bicyclic) bond motifs is 1. The molecule has 0 radical (unpaired) electrons. The average molecular weight is 444 g/mol. The van der Waals surface area contributed by atoms with E-state index in [0.29, 0.717) is 29.6 Å². The highest BCUT2D eigenvalue weighted by Crippen LogP contribution is 2.28. The van der Waals surface area contributed by atoms with Gasteiger partial charge >= 0.3 is 0 Å². The first kappa shape index (κ1) is 21.0. The third-order valence-electron chi connectivity index (χ3n) is 4.96. The Hall–Kier alpha value is -3.24. The molecule has 0 fully saturated rings. The van der Waals surface area contributed by atoms with Gasteiger partial charge in [-0.2, -0.15) is 4.31 Å². The molecule has 1 aliphatic heterocycles. The second kappa shape index (κ2) is 8.48. The highest BCUT2D eigenvalue weighted by molar-refractivity contribution is 7.89. The van der Waals surface area contributed by atoms with E-state index in [0.717, 1.165) is 23.4 Å². The maximum atomic E-state index is 13.1. The highest BCUT2D eigenvalue weighted by Gasteiger charge is 2.29. The minimum Gasteiger partial charge on any atom is -0.497 e. The van der Waals surface area contributed by atoms with Crippen molar-refractivity contribution in [3.63, 3.8) is 0 Å². The van der Waals surface area contributed by atoms with Gasteiger partial charge in [0.15, 0.2) is 0 Å². The van der Waals surface area contributed by atoms with Crippen LogP contribution in [0.25, 0.3) is 0 Å². The summed E-state index contributed by atoms with van der Waals surface area (Å²) in [4.78, 5) is 8.93. The summed E-state index contributed by atoms with van der Waals surface area (Å²) in [5, 5.41) is 3.13. The maximum absolute atomic E-state index is 13.1. The summed E-state index contributed by atoms with van der Waals surface area (Å²) in [7, 11) is -0.590. The standard InChI is InChI=1S/C21H21FN4O4S/c1-29-17-9-16(10-18(11-17)30-2)24-21-23-12-14-13-26(8-7-20(14)25-21)31(27,28)19-5-3-15(22)4-6-19/h3-6,9-12H,7-8,13H2,1-2H3,(H,23,24,25). The van der Waals surface area contributed by atoms with Crippen LogP contribution in [0, 0.1) is 5.82 Å². The molecular weight excluding hydrogens is 423 g/mol. The predicted octanol–water partition coefficient (Wildman–Crippen LogP) is 3.12. The van der Waals surface area contributed by atoms with E-state index < -0.39 is 15.8 Å². The molecule has 3 aromatic rings. The molecule has 162 valence electrons. The number of hydrogen-bond donors (Lipinski definition) is 1. The van der Waals surface area contributed by atoms with E-state index in [1.807, 2.05) is 0 Å². The first-order valence-electron chi connectivity index (χ1n) is 9.49. The second-order valence-corrected chi connectivity index (χ2v) is 8.87. The molecule has 1 aliphatic rings. The fourth-order valence-electron chi connectivity index (χ4n) is 3.32. The van der Waals surface area contributed by atoms with Crippen molar-refractivity contribution in [2.45, 2.75) is 17.9 Å². The Morgan fingerprint density at radius 2 is 1.74 bits per heavy atom. The molecule has 4 rings (SSSR count). The lowest BCUT2D eigenvalue weighted by Crippen LogP contribution is -2.36. The van der Waals surface area contributed by atoms with Crippen molar-refractivity contribution in [2.24, 2.45) is 0 Å². The van der Waals surface area contributed by atoms with Crippen LogP contribution in [0.2, 0.25) is 0 Å². The van der Waals surface area contributed by atoms with Crippen LogP contribution in [0.3, 0.4) is 0 Å². The molecule has 8 nitrogen and oxygen atoms in total. The summed E-state index contributed by atoms with van der Waals surface area (Å²) < 4.78 is 50.8. The normalized spacial score (nSPS) is 14.0. The Balaban J connectivity index is 1.53. The Morgan fingerprint density at radius 3 is 2.39 bits per heavy atom. The van der Waals surface area contributed by atoms with Gasteiger partial charge in [0.05, 0.1) is 24.8 Å². The molecule has 31 heavy (non-hydrogen) atoms. The maximum Gasteiger partial charge on any atom is 0.243 e. The predicted molar refractivity (Wildman–Crippen MR) is 113 cm³/mol. The Bertz CT molecular complexity index is 1180. The zero-order valence-corrected chi connectivity index (χ0v) is 17.8. The first-order chi connectivity index (χ1) is 14.9. The van der Waals surface area contributed by atoms with E-state index in [1.54, 1.807) is 38.6 Å². The van der Waals surface area contributed by atoms with E-state index in [9.17, 15) is 12.8 Å². The van der Waals surface area contributed by atoms with E-state index in [4.69, 9.17) is 9.47 Å². The van der Waals surface area contributed by atoms with Gasteiger partial charge in [-0.3, -0.25) is 0 Å². The molecule has 0 saturated carbocycles. The number of nitrogens with zero attached hydrogens (tertiary/aromatic N) is 3. The zero-order valence-electron chi connectivity index (χ0n) is 17.0. The number of anilines is 2. The summed E-state index contributed by atoms with van der Waals surface area (Å²) in [5.74, 6) is 1.16. The van der Waals surface area contributed by atoms with Crippen molar-refractivity contribution in [3.8, 4) is 11.5 Å². The number of hydrogen-bond acceptors (Lipinski definition) is 7. The van der Waals surface area contributed by atoms with Gasteiger partial charge in [-0.1, -0.05) is 0 Å². The van der Waals surface area contributed by atoms with Gasteiger partial charge in [0.1, 0.15) is 17.3 Å². The number of nitrogens with one attached hydrogen (secondary N) is 1. The molecule has 0 saturated heterocycles. The minimum absolute atomic E-state index is 0.0588. The molecule has 0 amide bonds. The Kier molecular flexibility index (Phi) is 5.75. The van der Waals surface area contributed by atoms with Gasteiger partial charge in [-0.25, -0.2) is 22.8 Å². The number of methoxy groups -OCH3 is 2. The number of aromatic nitrogens is 2. The molecule has 2 aromatic carbocycles. The van der Waals surface area contributed by atoms with Crippen molar-refractivity contribution in [1.29, 1.82) is 0 Å².